The van der Waals surface area contributed by atoms with Gasteiger partial charge in [-0.2, -0.15) is 0 Å². The van der Waals surface area contributed by atoms with Crippen LogP contribution in [0.1, 0.15) is 22.4 Å². The molecule has 1 N–H and O–H groups in total. The second-order valence-corrected chi connectivity index (χ2v) is 6.95. The number of aliphatic hydroxyl groups excluding tert-OH is 1. The molecule has 0 unspecified atom stereocenters. The monoisotopic (exact) mass is 325 g/mol. The Balaban J connectivity index is 1.83. The third-order valence-corrected chi connectivity index (χ3v) is 5.25. The largest absolute Gasteiger partial charge is 0.396 e. The molecule has 2 nitrogen and oxygen atoms in total. The summed E-state index contributed by atoms with van der Waals surface area (Å²) in [7, 11) is 0. The maximum absolute atomic E-state index is 9.21. The second-order valence-electron chi connectivity index (χ2n) is 5.95. The van der Waals surface area contributed by atoms with Gasteiger partial charge in [-0.15, -0.1) is 11.3 Å². The lowest BCUT2D eigenvalue weighted by molar-refractivity contribution is 0.214. The van der Waals surface area contributed by atoms with Gasteiger partial charge in [-0.05, 0) is 46.7 Å². The highest BCUT2D eigenvalue weighted by Gasteiger charge is 2.11. The fourth-order valence-corrected chi connectivity index (χ4v) is 3.90. The van der Waals surface area contributed by atoms with E-state index >= 15 is 0 Å². The Labute approximate surface area is 142 Å². The topological polar surface area (TPSA) is 23.5 Å². The molecule has 1 heterocycles. The van der Waals surface area contributed by atoms with E-state index in [9.17, 15) is 5.11 Å². The van der Waals surface area contributed by atoms with Crippen LogP contribution in [-0.4, -0.2) is 23.2 Å². The summed E-state index contributed by atoms with van der Waals surface area (Å²) in [6.07, 6.45) is 0.815. The van der Waals surface area contributed by atoms with Crippen LogP contribution in [0.15, 0.2) is 53.9 Å². The van der Waals surface area contributed by atoms with Crippen LogP contribution in [0.5, 0.6) is 0 Å². The minimum Gasteiger partial charge on any atom is -0.396 e. The summed E-state index contributed by atoms with van der Waals surface area (Å²) in [5.41, 5.74) is 2.72. The van der Waals surface area contributed by atoms with E-state index < -0.39 is 0 Å². The van der Waals surface area contributed by atoms with Crippen molar-refractivity contribution in [2.45, 2.75) is 26.4 Å². The molecule has 0 atom stereocenters. The van der Waals surface area contributed by atoms with Gasteiger partial charge in [0.05, 0.1) is 0 Å². The summed E-state index contributed by atoms with van der Waals surface area (Å²) in [6, 6.07) is 17.3. The molecule has 0 spiro atoms. The summed E-state index contributed by atoms with van der Waals surface area (Å²) in [4.78, 5) is 3.86. The lowest BCUT2D eigenvalue weighted by Gasteiger charge is -2.23. The van der Waals surface area contributed by atoms with Crippen molar-refractivity contribution in [3.8, 4) is 0 Å². The first-order chi connectivity index (χ1) is 11.3. The van der Waals surface area contributed by atoms with Crippen LogP contribution in [0.4, 0.5) is 0 Å². The molecular weight excluding hydrogens is 302 g/mol. The molecule has 3 aromatic rings. The van der Waals surface area contributed by atoms with Crippen molar-refractivity contribution in [2.24, 2.45) is 0 Å². The first-order valence-electron chi connectivity index (χ1n) is 8.11. The van der Waals surface area contributed by atoms with Crippen LogP contribution in [0.3, 0.4) is 0 Å². The van der Waals surface area contributed by atoms with Gasteiger partial charge >= 0.3 is 0 Å². The zero-order valence-electron chi connectivity index (χ0n) is 13.5. The van der Waals surface area contributed by atoms with Gasteiger partial charge in [0, 0.05) is 31.1 Å². The number of thiophene rings is 1. The van der Waals surface area contributed by atoms with Gasteiger partial charge in [0.15, 0.2) is 0 Å². The Morgan fingerprint density at radius 1 is 1.00 bits per heavy atom. The Morgan fingerprint density at radius 2 is 1.83 bits per heavy atom. The number of fused-ring (bicyclic) bond motifs is 1. The number of aryl methyl sites for hydroxylation is 1. The van der Waals surface area contributed by atoms with Gasteiger partial charge in [-0.25, -0.2) is 0 Å². The number of hydrogen-bond acceptors (Lipinski definition) is 3. The molecule has 0 amide bonds. The van der Waals surface area contributed by atoms with Gasteiger partial charge in [-0.3, -0.25) is 4.90 Å². The molecule has 23 heavy (non-hydrogen) atoms. The molecule has 0 radical (unpaired) electrons. The molecule has 0 saturated heterocycles. The van der Waals surface area contributed by atoms with E-state index in [0.29, 0.717) is 0 Å². The number of aliphatic hydroxyl groups is 1. The Morgan fingerprint density at radius 3 is 2.61 bits per heavy atom. The van der Waals surface area contributed by atoms with Crippen molar-refractivity contribution in [3.63, 3.8) is 0 Å². The van der Waals surface area contributed by atoms with E-state index in [4.69, 9.17) is 0 Å². The maximum Gasteiger partial charge on any atom is 0.0443 e. The average molecular weight is 325 g/mol. The normalized spacial score (nSPS) is 11.4. The van der Waals surface area contributed by atoms with E-state index in [1.165, 1.54) is 26.8 Å². The van der Waals surface area contributed by atoms with Crippen LogP contribution in [0.2, 0.25) is 0 Å². The zero-order valence-corrected chi connectivity index (χ0v) is 14.4. The Hall–Kier alpha value is -1.68. The molecule has 0 aliphatic heterocycles. The molecule has 1 aromatic heterocycles. The predicted octanol–water partition coefficient (Wildman–Crippen LogP) is 4.59. The molecule has 0 fully saturated rings. The van der Waals surface area contributed by atoms with E-state index in [-0.39, 0.29) is 6.61 Å². The first-order valence-corrected chi connectivity index (χ1v) is 8.98. The molecule has 3 heteroatoms. The summed E-state index contributed by atoms with van der Waals surface area (Å²) >= 11 is 1.82. The van der Waals surface area contributed by atoms with Crippen LogP contribution in [-0.2, 0) is 13.1 Å². The van der Waals surface area contributed by atoms with Crippen molar-refractivity contribution in [3.05, 3.63) is 69.9 Å². The van der Waals surface area contributed by atoms with Crippen molar-refractivity contribution >= 4 is 22.1 Å². The average Bonchev–Trinajstić information content (AvgIpc) is 2.98. The Kier molecular flexibility index (Phi) is 5.44. The predicted molar refractivity (Wildman–Crippen MR) is 98.8 cm³/mol. The van der Waals surface area contributed by atoms with Crippen LogP contribution in [0.25, 0.3) is 10.8 Å². The highest BCUT2D eigenvalue weighted by molar-refractivity contribution is 7.10. The SMILES string of the molecule is Cc1ccsc1CN(CCCO)Cc1cccc2ccccc12. The van der Waals surface area contributed by atoms with Crippen molar-refractivity contribution in [1.29, 1.82) is 0 Å². The highest BCUT2D eigenvalue weighted by atomic mass is 32.1. The number of rotatable bonds is 7. The van der Waals surface area contributed by atoms with Crippen LogP contribution < -0.4 is 0 Å². The van der Waals surface area contributed by atoms with Crippen LogP contribution in [0, 0.1) is 6.92 Å². The Bertz CT molecular complexity index is 760. The third kappa shape index (κ3) is 3.99. The maximum atomic E-state index is 9.21. The standard InChI is InChI=1S/C20H23NOS/c1-16-10-13-23-20(16)15-21(11-5-12-22)14-18-8-4-7-17-6-2-3-9-19(17)18/h2-4,6-10,13,22H,5,11-12,14-15H2,1H3. The van der Waals surface area contributed by atoms with Crippen LogP contribution >= 0.6 is 11.3 Å². The molecule has 0 bridgehead atoms. The first kappa shape index (κ1) is 16.2. The fraction of sp³-hybridized carbons (Fsp3) is 0.300. The summed E-state index contributed by atoms with van der Waals surface area (Å²) in [5, 5.41) is 14.0. The van der Waals surface area contributed by atoms with Crippen molar-refractivity contribution < 1.29 is 5.11 Å². The van der Waals surface area contributed by atoms with Gasteiger partial charge in [0.25, 0.3) is 0 Å². The van der Waals surface area contributed by atoms with E-state index in [1.54, 1.807) is 0 Å². The van der Waals surface area contributed by atoms with E-state index in [0.717, 1.165) is 26.1 Å². The minimum atomic E-state index is 0.245. The number of benzene rings is 2. The number of nitrogens with zero attached hydrogens (tertiary/aromatic N) is 1. The smallest absolute Gasteiger partial charge is 0.0443 e. The van der Waals surface area contributed by atoms with Crippen molar-refractivity contribution in [1.82, 2.24) is 4.90 Å². The quantitative estimate of drug-likeness (QED) is 0.686. The van der Waals surface area contributed by atoms with Gasteiger partial charge in [0.1, 0.15) is 0 Å². The zero-order chi connectivity index (χ0) is 16.1. The second kappa shape index (κ2) is 7.73. The third-order valence-electron chi connectivity index (χ3n) is 4.24. The summed E-state index contributed by atoms with van der Waals surface area (Å²) in [6.45, 7) is 5.20. The molecular formula is C20H23NOS. The molecule has 3 rings (SSSR count). The van der Waals surface area contributed by atoms with Gasteiger partial charge < -0.3 is 5.11 Å². The summed E-state index contributed by atoms with van der Waals surface area (Å²) in [5.74, 6) is 0. The summed E-state index contributed by atoms with van der Waals surface area (Å²) < 4.78 is 0. The van der Waals surface area contributed by atoms with Gasteiger partial charge in [0.2, 0.25) is 0 Å². The molecule has 120 valence electrons. The van der Waals surface area contributed by atoms with E-state index in [1.807, 2.05) is 11.3 Å². The molecule has 2 aromatic carbocycles. The van der Waals surface area contributed by atoms with E-state index in [2.05, 4.69) is 65.7 Å². The lowest BCUT2D eigenvalue weighted by atomic mass is 10.0. The van der Waals surface area contributed by atoms with Crippen molar-refractivity contribution in [2.75, 3.05) is 13.2 Å². The highest BCUT2D eigenvalue weighted by Crippen LogP contribution is 2.23. The number of hydrogen-bond donors (Lipinski definition) is 1. The molecule has 0 aliphatic rings. The molecule has 0 aliphatic carbocycles. The lowest BCUT2D eigenvalue weighted by Crippen LogP contribution is -2.24. The fourth-order valence-electron chi connectivity index (χ4n) is 2.95. The van der Waals surface area contributed by atoms with Gasteiger partial charge in [-0.1, -0.05) is 42.5 Å². The molecule has 0 saturated carbocycles. The minimum absolute atomic E-state index is 0.245.